The first kappa shape index (κ1) is 11.6. The summed E-state index contributed by atoms with van der Waals surface area (Å²) in [7, 11) is 0. The summed E-state index contributed by atoms with van der Waals surface area (Å²) in [5, 5.41) is 12.7. The van der Waals surface area contributed by atoms with E-state index in [0.29, 0.717) is 16.6 Å². The molecule has 1 unspecified atom stereocenters. The van der Waals surface area contributed by atoms with Gasteiger partial charge in [-0.3, -0.25) is 0 Å². The Hall–Kier alpha value is -0.450. The van der Waals surface area contributed by atoms with Crippen molar-refractivity contribution in [3.63, 3.8) is 0 Å². The molecule has 0 spiro atoms. The van der Waals surface area contributed by atoms with Crippen molar-refractivity contribution in [1.29, 1.82) is 0 Å². The van der Waals surface area contributed by atoms with Crippen molar-refractivity contribution in [2.24, 2.45) is 0 Å². The summed E-state index contributed by atoms with van der Waals surface area (Å²) < 4.78 is 13.3. The molecule has 0 fully saturated rings. The van der Waals surface area contributed by atoms with E-state index in [9.17, 15) is 9.50 Å². The monoisotopic (exact) mass is 261 g/mol. The maximum Gasteiger partial charge on any atom is 0.124 e. The first-order chi connectivity index (χ1) is 6.65. The fraction of sp³-hybridized carbons (Fsp3) is 0.400. The number of nitrogens with one attached hydrogen (secondary N) is 1. The maximum atomic E-state index is 12.7. The summed E-state index contributed by atoms with van der Waals surface area (Å²) in [6, 6.07) is 4.28. The third-order valence-electron chi connectivity index (χ3n) is 1.91. The molecule has 0 heterocycles. The van der Waals surface area contributed by atoms with Gasteiger partial charge in [-0.05, 0) is 24.2 Å². The molecule has 0 amide bonds. The summed E-state index contributed by atoms with van der Waals surface area (Å²) in [6.45, 7) is 3.24. The molecule has 0 saturated carbocycles. The summed E-state index contributed by atoms with van der Waals surface area (Å²) in [4.78, 5) is 0. The van der Waals surface area contributed by atoms with Gasteiger partial charge in [-0.2, -0.15) is 0 Å². The van der Waals surface area contributed by atoms with E-state index in [0.717, 1.165) is 6.54 Å². The van der Waals surface area contributed by atoms with E-state index in [4.69, 9.17) is 0 Å². The van der Waals surface area contributed by atoms with Gasteiger partial charge in [-0.1, -0.05) is 28.9 Å². The highest BCUT2D eigenvalue weighted by atomic mass is 79.9. The van der Waals surface area contributed by atoms with Crippen molar-refractivity contribution in [2.45, 2.75) is 13.0 Å². The van der Waals surface area contributed by atoms with Gasteiger partial charge in [0.2, 0.25) is 0 Å². The van der Waals surface area contributed by atoms with Crippen LogP contribution in [0, 0.1) is 5.82 Å². The topological polar surface area (TPSA) is 32.3 Å². The van der Waals surface area contributed by atoms with Crippen LogP contribution in [-0.2, 0) is 0 Å². The highest BCUT2D eigenvalue weighted by Gasteiger charge is 2.10. The quantitative estimate of drug-likeness (QED) is 0.872. The Balaban J connectivity index is 2.74. The predicted molar refractivity (Wildman–Crippen MR) is 57.6 cm³/mol. The van der Waals surface area contributed by atoms with Gasteiger partial charge in [0, 0.05) is 11.0 Å². The van der Waals surface area contributed by atoms with E-state index in [2.05, 4.69) is 21.2 Å². The van der Waals surface area contributed by atoms with Gasteiger partial charge in [0.25, 0.3) is 0 Å². The summed E-state index contributed by atoms with van der Waals surface area (Å²) in [6.07, 6.45) is -0.607. The molecule has 0 aliphatic heterocycles. The van der Waals surface area contributed by atoms with Gasteiger partial charge in [0.1, 0.15) is 5.82 Å². The number of hydrogen-bond donors (Lipinski definition) is 2. The van der Waals surface area contributed by atoms with Gasteiger partial charge in [-0.15, -0.1) is 0 Å². The molecule has 0 aliphatic rings. The summed E-state index contributed by atoms with van der Waals surface area (Å²) >= 11 is 3.21. The predicted octanol–water partition coefficient (Wildman–Crippen LogP) is 2.23. The zero-order valence-corrected chi connectivity index (χ0v) is 9.51. The Morgan fingerprint density at radius 2 is 2.29 bits per heavy atom. The van der Waals surface area contributed by atoms with Crippen LogP contribution in [0.25, 0.3) is 0 Å². The molecule has 0 aliphatic carbocycles. The number of benzene rings is 1. The Labute approximate surface area is 91.3 Å². The first-order valence-corrected chi connectivity index (χ1v) is 5.28. The highest BCUT2D eigenvalue weighted by molar-refractivity contribution is 9.10. The van der Waals surface area contributed by atoms with Gasteiger partial charge in [-0.25, -0.2) is 4.39 Å². The van der Waals surface area contributed by atoms with Gasteiger partial charge in [0.05, 0.1) is 6.10 Å². The summed E-state index contributed by atoms with van der Waals surface area (Å²) in [5.41, 5.74) is 0.701. The number of aliphatic hydroxyl groups excluding tert-OH is 1. The lowest BCUT2D eigenvalue weighted by Gasteiger charge is -2.12. The fourth-order valence-electron chi connectivity index (χ4n) is 1.16. The Bertz CT molecular complexity index is 306. The largest absolute Gasteiger partial charge is 0.387 e. The fourth-order valence-corrected chi connectivity index (χ4v) is 1.78. The van der Waals surface area contributed by atoms with Crippen LogP contribution in [0.5, 0.6) is 0 Å². The van der Waals surface area contributed by atoms with Crippen molar-refractivity contribution in [3.05, 3.63) is 34.1 Å². The average molecular weight is 262 g/mol. The van der Waals surface area contributed by atoms with Crippen molar-refractivity contribution >= 4 is 15.9 Å². The lowest BCUT2D eigenvalue weighted by Crippen LogP contribution is -2.21. The van der Waals surface area contributed by atoms with E-state index in [1.54, 1.807) is 6.07 Å². The smallest absolute Gasteiger partial charge is 0.124 e. The van der Waals surface area contributed by atoms with E-state index in [1.165, 1.54) is 12.1 Å². The zero-order valence-electron chi connectivity index (χ0n) is 7.93. The standard InChI is InChI=1S/C10H13BrFNO/c1-2-13-6-10(14)8-4-3-7(12)5-9(8)11/h3-5,10,13-14H,2,6H2,1H3. The molecule has 4 heteroatoms. The number of rotatable bonds is 4. The van der Waals surface area contributed by atoms with Crippen molar-refractivity contribution in [2.75, 3.05) is 13.1 Å². The minimum absolute atomic E-state index is 0.309. The molecular formula is C10H13BrFNO. The van der Waals surface area contributed by atoms with Crippen LogP contribution in [0.4, 0.5) is 4.39 Å². The minimum Gasteiger partial charge on any atom is -0.387 e. The molecule has 0 aromatic heterocycles. The number of hydrogen-bond acceptors (Lipinski definition) is 2. The normalized spacial score (nSPS) is 12.9. The van der Waals surface area contributed by atoms with Gasteiger partial charge < -0.3 is 10.4 Å². The lowest BCUT2D eigenvalue weighted by molar-refractivity contribution is 0.175. The average Bonchev–Trinajstić information content (AvgIpc) is 2.14. The Morgan fingerprint density at radius 1 is 1.57 bits per heavy atom. The lowest BCUT2D eigenvalue weighted by atomic mass is 10.1. The van der Waals surface area contributed by atoms with Crippen molar-refractivity contribution in [1.82, 2.24) is 5.32 Å². The van der Waals surface area contributed by atoms with Crippen LogP contribution >= 0.6 is 15.9 Å². The van der Waals surface area contributed by atoms with E-state index in [1.807, 2.05) is 6.92 Å². The van der Waals surface area contributed by atoms with Crippen LogP contribution in [0.3, 0.4) is 0 Å². The third kappa shape index (κ3) is 3.04. The Morgan fingerprint density at radius 3 is 2.86 bits per heavy atom. The van der Waals surface area contributed by atoms with Crippen LogP contribution in [0.2, 0.25) is 0 Å². The molecule has 1 rings (SSSR count). The van der Waals surface area contributed by atoms with Gasteiger partial charge in [0.15, 0.2) is 0 Å². The molecule has 1 atom stereocenters. The highest BCUT2D eigenvalue weighted by Crippen LogP contribution is 2.23. The van der Waals surface area contributed by atoms with Crippen LogP contribution in [0.1, 0.15) is 18.6 Å². The maximum absolute atomic E-state index is 12.7. The number of likely N-dealkylation sites (N-methyl/N-ethyl adjacent to an activating group) is 1. The van der Waals surface area contributed by atoms with Crippen molar-refractivity contribution < 1.29 is 9.50 Å². The van der Waals surface area contributed by atoms with Crippen LogP contribution in [-0.4, -0.2) is 18.2 Å². The second-order valence-electron chi connectivity index (χ2n) is 2.99. The third-order valence-corrected chi connectivity index (χ3v) is 2.60. The second kappa shape index (κ2) is 5.44. The Kier molecular flexibility index (Phi) is 4.51. The second-order valence-corrected chi connectivity index (χ2v) is 3.84. The zero-order chi connectivity index (χ0) is 10.6. The molecule has 1 aromatic carbocycles. The molecule has 2 N–H and O–H groups in total. The molecule has 0 radical (unpaired) electrons. The van der Waals surface area contributed by atoms with Crippen LogP contribution < -0.4 is 5.32 Å². The van der Waals surface area contributed by atoms with E-state index >= 15 is 0 Å². The molecule has 0 bridgehead atoms. The first-order valence-electron chi connectivity index (χ1n) is 4.49. The minimum atomic E-state index is -0.607. The molecule has 0 saturated heterocycles. The molecule has 2 nitrogen and oxygen atoms in total. The number of halogens is 2. The van der Waals surface area contributed by atoms with E-state index in [-0.39, 0.29) is 5.82 Å². The molecule has 1 aromatic rings. The van der Waals surface area contributed by atoms with Gasteiger partial charge >= 0.3 is 0 Å². The number of aliphatic hydroxyl groups is 1. The van der Waals surface area contributed by atoms with Crippen LogP contribution in [0.15, 0.2) is 22.7 Å². The van der Waals surface area contributed by atoms with E-state index < -0.39 is 6.10 Å². The SMILES string of the molecule is CCNCC(O)c1ccc(F)cc1Br. The summed E-state index contributed by atoms with van der Waals surface area (Å²) in [5.74, 6) is -0.309. The molecule has 78 valence electrons. The van der Waals surface area contributed by atoms with Crippen molar-refractivity contribution in [3.8, 4) is 0 Å². The molecule has 14 heavy (non-hydrogen) atoms. The molecular weight excluding hydrogens is 249 g/mol.